The average molecular weight is 191 g/mol. The van der Waals surface area contributed by atoms with Crippen LogP contribution >= 0.6 is 0 Å². The molecule has 0 aromatic rings. The molecule has 72 valence electrons. The van der Waals surface area contributed by atoms with E-state index in [2.05, 4.69) is 0 Å². The summed E-state index contributed by atoms with van der Waals surface area (Å²) < 4.78 is 0. The summed E-state index contributed by atoms with van der Waals surface area (Å²) in [6.07, 6.45) is 0. The van der Waals surface area contributed by atoms with Crippen LogP contribution in [0.4, 0.5) is 0 Å². The molecule has 1 fully saturated rings. The summed E-state index contributed by atoms with van der Waals surface area (Å²) >= 11 is 0. The topological polar surface area (TPSA) is 144 Å². The van der Waals surface area contributed by atoms with Gasteiger partial charge in [0, 0.05) is 0 Å². The Hall–Kier alpha value is -1.51. The van der Waals surface area contributed by atoms with Crippen LogP contribution in [0, 0.1) is 0 Å². The van der Waals surface area contributed by atoms with Gasteiger partial charge in [-0.3, -0.25) is 14.9 Å². The van der Waals surface area contributed by atoms with E-state index in [1.807, 2.05) is 0 Å². The van der Waals surface area contributed by atoms with Crippen molar-refractivity contribution < 1.29 is 34.8 Å². The predicted molar refractivity (Wildman–Crippen MR) is 32.9 cm³/mol. The van der Waals surface area contributed by atoms with E-state index >= 15 is 0 Å². The van der Waals surface area contributed by atoms with Crippen molar-refractivity contribution >= 4 is 17.8 Å². The fourth-order valence-electron chi connectivity index (χ4n) is 0.850. The van der Waals surface area contributed by atoms with Crippen molar-refractivity contribution in [1.29, 1.82) is 0 Å². The lowest BCUT2D eigenvalue weighted by Gasteiger charge is -2.23. The lowest BCUT2D eigenvalue weighted by atomic mass is 9.96. The Morgan fingerprint density at radius 1 is 1.15 bits per heavy atom. The number of hydrogen-bond acceptors (Lipinski definition) is 6. The smallest absolute Gasteiger partial charge is 0.352 e. The van der Waals surface area contributed by atoms with E-state index in [1.54, 1.807) is 0 Å². The first-order chi connectivity index (χ1) is 5.74. The minimum atomic E-state index is -3.64. The molecule has 1 saturated heterocycles. The molecule has 1 aliphatic heterocycles. The van der Waals surface area contributed by atoms with Crippen LogP contribution in [0.2, 0.25) is 0 Å². The number of hydrogen-bond donors (Lipinski definition) is 5. The highest BCUT2D eigenvalue weighted by Gasteiger charge is 2.70. The molecule has 1 atom stereocenters. The maximum absolute atomic E-state index is 10.7. The zero-order valence-electron chi connectivity index (χ0n) is 6.01. The van der Waals surface area contributed by atoms with Crippen LogP contribution in [-0.2, 0) is 14.4 Å². The van der Waals surface area contributed by atoms with Gasteiger partial charge >= 0.3 is 11.6 Å². The Morgan fingerprint density at radius 3 is 1.77 bits per heavy atom. The van der Waals surface area contributed by atoms with Crippen LogP contribution in [0.5, 0.6) is 0 Å². The summed E-state index contributed by atoms with van der Waals surface area (Å²) in [5.74, 6) is -9.23. The number of nitrogens with one attached hydrogen (secondary N) is 1. The fraction of sp³-hybridized carbons (Fsp3) is 0.400. The number of rotatable bonds is 1. The quantitative estimate of drug-likeness (QED) is 0.162. The second-order valence-electron chi connectivity index (χ2n) is 2.47. The number of imide groups is 1. The third-order valence-corrected chi connectivity index (χ3v) is 1.69. The van der Waals surface area contributed by atoms with Gasteiger partial charge in [-0.2, -0.15) is 0 Å². The molecule has 0 aromatic carbocycles. The van der Waals surface area contributed by atoms with E-state index in [9.17, 15) is 14.4 Å². The first kappa shape index (κ1) is 9.58. The zero-order chi connectivity index (χ0) is 10.4. The molecule has 0 aliphatic carbocycles. The van der Waals surface area contributed by atoms with Crippen LogP contribution < -0.4 is 5.32 Å². The van der Waals surface area contributed by atoms with Crippen LogP contribution in [0.15, 0.2) is 0 Å². The van der Waals surface area contributed by atoms with E-state index < -0.39 is 29.2 Å². The average Bonchev–Trinajstić information content (AvgIpc) is 2.13. The molecule has 0 spiro atoms. The minimum Gasteiger partial charge on any atom is -0.479 e. The highest BCUT2D eigenvalue weighted by Crippen LogP contribution is 2.26. The summed E-state index contributed by atoms with van der Waals surface area (Å²) in [5.41, 5.74) is -3.55. The molecule has 0 saturated carbocycles. The van der Waals surface area contributed by atoms with Gasteiger partial charge in [-0.05, 0) is 0 Å². The molecule has 0 radical (unpaired) electrons. The van der Waals surface area contributed by atoms with Crippen LogP contribution in [-0.4, -0.2) is 49.6 Å². The molecular weight excluding hydrogens is 186 g/mol. The molecule has 1 unspecified atom stereocenters. The van der Waals surface area contributed by atoms with Crippen LogP contribution in [0.1, 0.15) is 0 Å². The molecule has 1 rings (SSSR count). The van der Waals surface area contributed by atoms with E-state index in [1.165, 1.54) is 5.32 Å². The lowest BCUT2D eigenvalue weighted by Crippen LogP contribution is -2.61. The van der Waals surface area contributed by atoms with Gasteiger partial charge in [0.25, 0.3) is 17.6 Å². The minimum absolute atomic E-state index is 1.27. The Kier molecular flexibility index (Phi) is 1.66. The van der Waals surface area contributed by atoms with Crippen molar-refractivity contribution in [3.05, 3.63) is 0 Å². The van der Waals surface area contributed by atoms with Crippen molar-refractivity contribution in [1.82, 2.24) is 5.32 Å². The largest absolute Gasteiger partial charge is 0.479 e. The Morgan fingerprint density at radius 2 is 1.62 bits per heavy atom. The summed E-state index contributed by atoms with van der Waals surface area (Å²) in [6.45, 7) is 0. The number of carboxylic acids is 1. The number of amides is 2. The molecule has 8 nitrogen and oxygen atoms in total. The number of carbonyl (C=O) groups excluding carboxylic acids is 2. The molecule has 2 amide bonds. The van der Waals surface area contributed by atoms with Gasteiger partial charge < -0.3 is 20.4 Å². The van der Waals surface area contributed by atoms with Gasteiger partial charge in [-0.25, -0.2) is 4.79 Å². The van der Waals surface area contributed by atoms with E-state index in [0.29, 0.717) is 0 Å². The van der Waals surface area contributed by atoms with Gasteiger partial charge in [-0.15, -0.1) is 0 Å². The SMILES string of the molecule is O=C1NC(=O)C(O)(C(=O)O)C1(O)O. The molecule has 1 aliphatic rings. The first-order valence-corrected chi connectivity index (χ1v) is 3.01. The predicted octanol–water partition coefficient (Wildman–Crippen LogP) is -3.86. The van der Waals surface area contributed by atoms with Gasteiger partial charge in [0.15, 0.2) is 0 Å². The molecular formula is C5H5NO7. The molecule has 5 N–H and O–H groups in total. The van der Waals surface area contributed by atoms with Crippen molar-refractivity contribution in [3.63, 3.8) is 0 Å². The maximum atomic E-state index is 10.7. The highest BCUT2D eigenvalue weighted by molar-refractivity contribution is 6.21. The number of aliphatic carboxylic acids is 1. The fourth-order valence-corrected chi connectivity index (χ4v) is 0.850. The van der Waals surface area contributed by atoms with Gasteiger partial charge in [-0.1, -0.05) is 0 Å². The summed E-state index contributed by atoms with van der Waals surface area (Å²) in [4.78, 5) is 31.6. The summed E-state index contributed by atoms with van der Waals surface area (Å²) in [5, 5.41) is 36.2. The van der Waals surface area contributed by atoms with E-state index in [-0.39, 0.29) is 0 Å². The molecule has 8 heteroatoms. The molecule has 0 bridgehead atoms. The van der Waals surface area contributed by atoms with Crippen molar-refractivity contribution in [2.45, 2.75) is 11.4 Å². The van der Waals surface area contributed by atoms with Gasteiger partial charge in [0.2, 0.25) is 0 Å². The first-order valence-electron chi connectivity index (χ1n) is 3.01. The highest BCUT2D eigenvalue weighted by atomic mass is 16.6. The van der Waals surface area contributed by atoms with E-state index in [4.69, 9.17) is 20.4 Å². The number of carbonyl (C=O) groups is 3. The van der Waals surface area contributed by atoms with Gasteiger partial charge in [0.05, 0.1) is 0 Å². The van der Waals surface area contributed by atoms with E-state index in [0.717, 1.165) is 0 Å². The Labute approximate surface area is 70.4 Å². The second kappa shape index (κ2) is 2.25. The van der Waals surface area contributed by atoms with Crippen LogP contribution in [0.25, 0.3) is 0 Å². The summed E-state index contributed by atoms with van der Waals surface area (Å²) in [7, 11) is 0. The Balaban J connectivity index is 3.31. The van der Waals surface area contributed by atoms with Crippen molar-refractivity contribution in [2.24, 2.45) is 0 Å². The Bertz CT molecular complexity index is 308. The summed E-state index contributed by atoms with van der Waals surface area (Å²) in [6, 6.07) is 0. The molecule has 13 heavy (non-hydrogen) atoms. The number of aliphatic hydroxyl groups is 3. The van der Waals surface area contributed by atoms with Gasteiger partial charge in [0.1, 0.15) is 0 Å². The number of carboxylic acid groups (broad SMARTS) is 1. The molecule has 0 aromatic heterocycles. The third-order valence-electron chi connectivity index (χ3n) is 1.69. The second-order valence-corrected chi connectivity index (χ2v) is 2.47. The van der Waals surface area contributed by atoms with Crippen LogP contribution in [0.3, 0.4) is 0 Å². The third kappa shape index (κ3) is 0.869. The zero-order valence-corrected chi connectivity index (χ0v) is 6.01. The lowest BCUT2D eigenvalue weighted by molar-refractivity contribution is -0.242. The standard InChI is InChI=1S/C5H5NO7/c7-1-4(11,3(9)10)5(12,13)2(8)6-1/h11-13H,(H,9,10)(H,6,7,8). The monoisotopic (exact) mass is 191 g/mol. The van der Waals surface area contributed by atoms with Crippen molar-refractivity contribution in [2.75, 3.05) is 0 Å². The normalized spacial score (nSPS) is 31.6. The maximum Gasteiger partial charge on any atom is 0.352 e. The van der Waals surface area contributed by atoms with Crippen molar-refractivity contribution in [3.8, 4) is 0 Å². The molecule has 1 heterocycles.